The molecule has 0 amide bonds. The number of thiophene rings is 2. The van der Waals surface area contributed by atoms with Crippen molar-refractivity contribution in [2.24, 2.45) is 0 Å². The molecule has 0 unspecified atom stereocenters. The minimum absolute atomic E-state index is 0.00498. The van der Waals surface area contributed by atoms with Crippen molar-refractivity contribution in [2.75, 3.05) is 0 Å². The van der Waals surface area contributed by atoms with Gasteiger partial charge in [-0.15, -0.1) is 22.7 Å². The lowest BCUT2D eigenvalue weighted by molar-refractivity contribution is 1.08. The van der Waals surface area contributed by atoms with E-state index in [1.54, 1.807) is 11.3 Å². The van der Waals surface area contributed by atoms with E-state index in [9.17, 15) is 4.11 Å². The molecule has 50 heavy (non-hydrogen) atoms. The van der Waals surface area contributed by atoms with Crippen molar-refractivity contribution in [3.63, 3.8) is 0 Å². The third-order valence-electron chi connectivity index (χ3n) is 8.58. The summed E-state index contributed by atoms with van der Waals surface area (Å²) in [5.74, 6) is 0.524. The van der Waals surface area contributed by atoms with Gasteiger partial charge in [-0.1, -0.05) is 139 Å². The summed E-state index contributed by atoms with van der Waals surface area (Å²) in [7, 11) is 0. The second-order valence-corrected chi connectivity index (χ2v) is 13.6. The molecular weight excluding hydrogens is 647 g/mol. The summed E-state index contributed by atoms with van der Waals surface area (Å²) in [6, 6.07) is 25.8. The third-order valence-corrected chi connectivity index (χ3v) is 10.7. The molecule has 7 aromatic carbocycles. The molecule has 234 valence electrons. The number of nitrogens with zero attached hydrogens (tertiary/aromatic N) is 3. The quantitative estimate of drug-likeness (QED) is 0.181. The van der Waals surface area contributed by atoms with Crippen molar-refractivity contribution in [3.05, 3.63) is 164 Å². The molecule has 0 N–H and O–H groups in total. The summed E-state index contributed by atoms with van der Waals surface area (Å²) in [5, 5.41) is 1.93. The summed E-state index contributed by atoms with van der Waals surface area (Å²) < 4.78 is 99.7. The standard InChI is InChI=1S/C45H27N3S2/c1-3-11-28(12-4-1)29-21-23-31(24-22-29)43-46-44(48-45(47-43)36-17-10-20-39-42(36)34-15-7-8-18-37(34)49-39)32-25-26-35-40(27-32)50-38-19-9-16-33(41(35)38)30-13-5-2-6-14-30/h1-27H/i2D,5D,6D,9D,13D,14D,16D,19D,25D,26D,27D. The van der Waals surface area contributed by atoms with Crippen LogP contribution in [0.1, 0.15) is 15.1 Å². The van der Waals surface area contributed by atoms with Gasteiger partial charge in [0.25, 0.3) is 0 Å². The predicted molar refractivity (Wildman–Crippen MR) is 213 cm³/mol. The fourth-order valence-electron chi connectivity index (χ4n) is 6.26. The van der Waals surface area contributed by atoms with Gasteiger partial charge in [0, 0.05) is 57.0 Å². The second-order valence-electron chi connectivity index (χ2n) is 11.5. The maximum Gasteiger partial charge on any atom is 0.164 e. The van der Waals surface area contributed by atoms with E-state index in [1.807, 2.05) is 91.0 Å². The van der Waals surface area contributed by atoms with Gasteiger partial charge in [-0.2, -0.15) is 0 Å². The van der Waals surface area contributed by atoms with Crippen LogP contribution in [0.25, 0.3) is 96.8 Å². The van der Waals surface area contributed by atoms with Gasteiger partial charge in [-0.3, -0.25) is 0 Å². The van der Waals surface area contributed by atoms with E-state index in [0.717, 1.165) is 42.6 Å². The third kappa shape index (κ3) is 4.90. The van der Waals surface area contributed by atoms with Gasteiger partial charge in [0.05, 0.1) is 15.1 Å². The zero-order valence-electron chi connectivity index (χ0n) is 36.9. The molecule has 0 fully saturated rings. The summed E-state index contributed by atoms with van der Waals surface area (Å²) in [4.78, 5) is 14.8. The fraction of sp³-hybridized carbons (Fsp3) is 0. The lowest BCUT2D eigenvalue weighted by atomic mass is 9.99. The van der Waals surface area contributed by atoms with E-state index >= 15 is 0 Å². The van der Waals surface area contributed by atoms with Crippen molar-refractivity contribution in [3.8, 4) is 56.4 Å². The number of hydrogen-bond acceptors (Lipinski definition) is 5. The molecule has 0 saturated carbocycles. The first-order chi connectivity index (χ1) is 29.3. The molecule has 5 heteroatoms. The summed E-state index contributed by atoms with van der Waals surface area (Å²) in [6.45, 7) is 0. The smallest absolute Gasteiger partial charge is 0.164 e. The Morgan fingerprint density at radius 3 is 1.92 bits per heavy atom. The maximum atomic E-state index is 9.66. The molecule has 3 nitrogen and oxygen atoms in total. The monoisotopic (exact) mass is 684 g/mol. The molecule has 3 heterocycles. The number of hydrogen-bond donors (Lipinski definition) is 0. The minimum atomic E-state index is -0.650. The topological polar surface area (TPSA) is 38.7 Å². The van der Waals surface area contributed by atoms with Crippen LogP contribution in [0.5, 0.6) is 0 Å². The molecule has 0 spiro atoms. The molecule has 0 aliphatic rings. The molecule has 0 radical (unpaired) electrons. The van der Waals surface area contributed by atoms with E-state index in [4.69, 9.17) is 25.9 Å². The molecule has 0 aliphatic heterocycles. The highest BCUT2D eigenvalue weighted by Crippen LogP contribution is 2.42. The second kappa shape index (κ2) is 11.8. The average molecular weight is 685 g/mol. The van der Waals surface area contributed by atoms with Gasteiger partial charge in [0.15, 0.2) is 17.5 Å². The molecule has 0 atom stereocenters. The molecule has 0 aliphatic carbocycles. The highest BCUT2D eigenvalue weighted by Gasteiger charge is 2.18. The molecule has 0 saturated heterocycles. The summed E-state index contributed by atoms with van der Waals surface area (Å²) in [5.41, 5.74) is 2.68. The van der Waals surface area contributed by atoms with Crippen LogP contribution in [-0.2, 0) is 0 Å². The summed E-state index contributed by atoms with van der Waals surface area (Å²) >= 11 is 2.54. The van der Waals surface area contributed by atoms with E-state index in [1.165, 1.54) is 0 Å². The Hall–Kier alpha value is -6.01. The first-order valence-electron chi connectivity index (χ1n) is 21.2. The number of fused-ring (bicyclic) bond motifs is 6. The number of aromatic nitrogens is 3. The normalized spacial score (nSPS) is 14.7. The molecular formula is C45H27N3S2. The van der Waals surface area contributed by atoms with Gasteiger partial charge in [0.2, 0.25) is 0 Å². The van der Waals surface area contributed by atoms with Gasteiger partial charge in [0.1, 0.15) is 0 Å². The van der Waals surface area contributed by atoms with Gasteiger partial charge < -0.3 is 0 Å². The zero-order valence-corrected chi connectivity index (χ0v) is 27.5. The van der Waals surface area contributed by atoms with Crippen LogP contribution in [0.15, 0.2) is 164 Å². The van der Waals surface area contributed by atoms with E-state index in [2.05, 4.69) is 6.07 Å². The Morgan fingerprint density at radius 1 is 0.380 bits per heavy atom. The highest BCUT2D eigenvalue weighted by molar-refractivity contribution is 7.26. The molecule has 3 aromatic heterocycles. The Kier molecular flexibility index (Phi) is 4.70. The Balaban J connectivity index is 1.26. The highest BCUT2D eigenvalue weighted by atomic mass is 32.1. The van der Waals surface area contributed by atoms with Crippen LogP contribution in [0.3, 0.4) is 0 Å². The molecule has 10 rings (SSSR count). The average Bonchev–Trinajstić information content (AvgIpc) is 3.88. The lowest BCUT2D eigenvalue weighted by Gasteiger charge is -2.10. The molecule has 0 bridgehead atoms. The van der Waals surface area contributed by atoms with E-state index < -0.39 is 54.4 Å². The Morgan fingerprint density at radius 2 is 1.06 bits per heavy atom. The van der Waals surface area contributed by atoms with E-state index in [-0.39, 0.29) is 66.4 Å². The first-order valence-corrected chi connectivity index (χ1v) is 17.3. The SMILES string of the molecule is [2H]c1c([2H])c([2H])c(-c2c([2H])c([2H])c([2H])c3sc4c([2H])c(-c5nc(-c6ccc(-c7ccccc7)cc6)nc(-c6cccc7sc8ccccc8c67)n5)c([2H])c([2H])c4c23)c([2H])c1[2H]. The zero-order chi connectivity index (χ0) is 42.6. The minimum Gasteiger partial charge on any atom is -0.208 e. The van der Waals surface area contributed by atoms with Crippen LogP contribution in [0.4, 0.5) is 0 Å². The molecule has 10 aromatic rings. The maximum absolute atomic E-state index is 9.66. The first kappa shape index (κ1) is 19.9. The van der Waals surface area contributed by atoms with Crippen LogP contribution >= 0.6 is 22.7 Å². The predicted octanol–water partition coefficient (Wildman–Crippen LogP) is 12.9. The van der Waals surface area contributed by atoms with Crippen molar-refractivity contribution < 1.29 is 15.1 Å². The summed E-state index contributed by atoms with van der Waals surface area (Å²) in [6.07, 6.45) is 0. The number of benzene rings is 7. The van der Waals surface area contributed by atoms with Crippen LogP contribution in [0.2, 0.25) is 0 Å². The number of rotatable bonds is 5. The van der Waals surface area contributed by atoms with Crippen LogP contribution < -0.4 is 0 Å². The van der Waals surface area contributed by atoms with Crippen molar-refractivity contribution >= 4 is 63.0 Å². The van der Waals surface area contributed by atoms with Crippen molar-refractivity contribution in [2.45, 2.75) is 0 Å². The van der Waals surface area contributed by atoms with E-state index in [0.29, 0.717) is 11.1 Å². The Bertz CT molecular complexity index is 3470. The van der Waals surface area contributed by atoms with Gasteiger partial charge >= 0.3 is 0 Å². The van der Waals surface area contributed by atoms with Gasteiger partial charge in [-0.05, 0) is 46.5 Å². The van der Waals surface area contributed by atoms with Crippen LogP contribution in [-0.4, -0.2) is 15.0 Å². The van der Waals surface area contributed by atoms with Crippen molar-refractivity contribution in [1.82, 2.24) is 15.0 Å². The van der Waals surface area contributed by atoms with Gasteiger partial charge in [-0.25, -0.2) is 15.0 Å². The van der Waals surface area contributed by atoms with Crippen molar-refractivity contribution in [1.29, 1.82) is 0 Å². The van der Waals surface area contributed by atoms with Crippen LogP contribution in [0, 0.1) is 0 Å². The fourth-order valence-corrected chi connectivity index (χ4v) is 8.42. The largest absolute Gasteiger partial charge is 0.208 e. The Labute approximate surface area is 312 Å². The lowest BCUT2D eigenvalue weighted by Crippen LogP contribution is -2.00.